The van der Waals surface area contributed by atoms with Crippen LogP contribution in [0, 0.1) is 5.92 Å². The summed E-state index contributed by atoms with van der Waals surface area (Å²) in [6, 6.07) is -0.0499. The third-order valence-corrected chi connectivity index (χ3v) is 6.70. The molecule has 1 aliphatic heterocycles. The van der Waals surface area contributed by atoms with Crippen LogP contribution in [-0.2, 0) is 22.8 Å². The van der Waals surface area contributed by atoms with Crippen molar-refractivity contribution in [1.29, 1.82) is 0 Å². The van der Waals surface area contributed by atoms with Gasteiger partial charge in [0.1, 0.15) is 5.82 Å². The molecule has 0 radical (unpaired) electrons. The van der Waals surface area contributed by atoms with Gasteiger partial charge in [-0.25, -0.2) is 8.42 Å². The topological polar surface area (TPSA) is 101 Å². The summed E-state index contributed by atoms with van der Waals surface area (Å²) in [4.78, 5) is 4.59. The van der Waals surface area contributed by atoms with Gasteiger partial charge in [0.25, 0.3) is 0 Å². The summed E-state index contributed by atoms with van der Waals surface area (Å²) in [5.74, 6) is 2.67. The average molecular weight is 545 g/mol. The lowest BCUT2D eigenvalue weighted by atomic mass is 10.2. The predicted molar refractivity (Wildman–Crippen MR) is 127 cm³/mol. The van der Waals surface area contributed by atoms with Crippen LogP contribution < -0.4 is 10.6 Å². The minimum atomic E-state index is -2.90. The van der Waals surface area contributed by atoms with Gasteiger partial charge in [-0.2, -0.15) is 0 Å². The maximum atomic E-state index is 11.6. The zero-order valence-electron chi connectivity index (χ0n) is 17.1. The lowest BCUT2D eigenvalue weighted by Gasteiger charge is -2.15. The lowest BCUT2D eigenvalue weighted by molar-refractivity contribution is 0.477. The Labute approximate surface area is 190 Å². The molecule has 1 fully saturated rings. The van der Waals surface area contributed by atoms with E-state index in [1.807, 2.05) is 13.2 Å². The van der Waals surface area contributed by atoms with Crippen molar-refractivity contribution < 1.29 is 8.42 Å². The summed E-state index contributed by atoms with van der Waals surface area (Å²) in [6.45, 7) is 8.69. The van der Waals surface area contributed by atoms with Gasteiger partial charge in [0, 0.05) is 32.1 Å². The molecule has 2 heterocycles. The highest BCUT2D eigenvalue weighted by Crippen LogP contribution is 2.17. The molecule has 11 heteroatoms. The lowest BCUT2D eigenvalue weighted by Crippen LogP contribution is -2.44. The number of halogens is 1. The fourth-order valence-electron chi connectivity index (χ4n) is 3.05. The van der Waals surface area contributed by atoms with Crippen LogP contribution >= 0.6 is 35.7 Å². The van der Waals surface area contributed by atoms with E-state index in [9.17, 15) is 8.42 Å². The summed E-state index contributed by atoms with van der Waals surface area (Å²) in [6.07, 6.45) is 4.35. The molecule has 1 aromatic rings. The second kappa shape index (κ2) is 12.2. The second-order valence-corrected chi connectivity index (χ2v) is 10.2. The highest BCUT2D eigenvalue weighted by Gasteiger charge is 2.28. The number of nitrogens with zero attached hydrogens (tertiary/aromatic N) is 4. The van der Waals surface area contributed by atoms with Crippen LogP contribution in [0.4, 0.5) is 0 Å². The molecule has 28 heavy (non-hydrogen) atoms. The van der Waals surface area contributed by atoms with Gasteiger partial charge >= 0.3 is 0 Å². The van der Waals surface area contributed by atoms with E-state index in [4.69, 9.17) is 0 Å². The van der Waals surface area contributed by atoms with Gasteiger partial charge in [-0.1, -0.05) is 25.6 Å². The molecule has 0 aromatic carbocycles. The van der Waals surface area contributed by atoms with Gasteiger partial charge < -0.3 is 15.2 Å². The van der Waals surface area contributed by atoms with Gasteiger partial charge in [0.05, 0.1) is 11.5 Å². The Bertz CT molecular complexity index is 736. The van der Waals surface area contributed by atoms with Crippen LogP contribution in [0.1, 0.15) is 39.4 Å². The fraction of sp³-hybridized carbons (Fsp3) is 0.824. The van der Waals surface area contributed by atoms with Crippen molar-refractivity contribution in [3.05, 3.63) is 5.82 Å². The molecular weight excluding hydrogens is 511 g/mol. The van der Waals surface area contributed by atoms with E-state index < -0.39 is 9.84 Å². The zero-order chi connectivity index (χ0) is 19.9. The monoisotopic (exact) mass is 544 g/mol. The van der Waals surface area contributed by atoms with Crippen molar-refractivity contribution in [2.24, 2.45) is 10.9 Å². The molecule has 1 unspecified atom stereocenters. The maximum absolute atomic E-state index is 11.6. The molecule has 1 aromatic heterocycles. The normalized spacial score (nSPS) is 18.9. The first-order valence-electron chi connectivity index (χ1n) is 9.56. The van der Waals surface area contributed by atoms with Gasteiger partial charge in [-0.3, -0.25) is 4.99 Å². The Hall–Kier alpha value is -0.560. The number of hydrogen-bond donors (Lipinski definition) is 2. The minimum Gasteiger partial charge on any atom is -0.357 e. The van der Waals surface area contributed by atoms with Gasteiger partial charge in [-0.15, -0.1) is 34.2 Å². The van der Waals surface area contributed by atoms with Crippen LogP contribution in [0.5, 0.6) is 0 Å². The van der Waals surface area contributed by atoms with Gasteiger partial charge in [0.2, 0.25) is 0 Å². The number of hydrogen-bond acceptors (Lipinski definition) is 6. The van der Waals surface area contributed by atoms with Crippen LogP contribution in [0.2, 0.25) is 0 Å². The number of guanidine groups is 1. The third kappa shape index (κ3) is 8.05. The van der Waals surface area contributed by atoms with Crippen LogP contribution in [0.25, 0.3) is 0 Å². The highest BCUT2D eigenvalue weighted by atomic mass is 127. The van der Waals surface area contributed by atoms with Crippen LogP contribution in [0.3, 0.4) is 0 Å². The van der Waals surface area contributed by atoms with Crippen LogP contribution in [-0.4, -0.2) is 66.0 Å². The Balaban J connectivity index is 0.00000392. The first kappa shape index (κ1) is 25.5. The molecule has 0 spiro atoms. The van der Waals surface area contributed by atoms with Gasteiger partial charge in [0.15, 0.2) is 21.0 Å². The summed E-state index contributed by atoms with van der Waals surface area (Å²) < 4.78 is 25.4. The molecule has 0 saturated carbocycles. The minimum absolute atomic E-state index is 0. The quantitative estimate of drug-likeness (QED) is 0.161. The number of aliphatic imine (C=N–C) groups is 1. The van der Waals surface area contributed by atoms with E-state index >= 15 is 0 Å². The van der Waals surface area contributed by atoms with Crippen molar-refractivity contribution in [3.8, 4) is 0 Å². The largest absolute Gasteiger partial charge is 0.357 e. The van der Waals surface area contributed by atoms with Crippen molar-refractivity contribution in [2.45, 2.75) is 57.8 Å². The second-order valence-electron chi connectivity index (χ2n) is 7.22. The molecule has 0 amide bonds. The van der Waals surface area contributed by atoms with E-state index in [0.717, 1.165) is 36.9 Å². The van der Waals surface area contributed by atoms with Crippen molar-refractivity contribution >= 4 is 51.5 Å². The van der Waals surface area contributed by atoms with E-state index in [-0.39, 0.29) is 41.5 Å². The summed E-state index contributed by atoms with van der Waals surface area (Å²) in [5.41, 5.74) is 0. The number of thioether (sulfide) groups is 1. The standard InChI is InChI=1S/C17H32N6O2S2.HI/c1-5-18-16(20-14-8-10-27(24,25)12-14)19-9-6-7-15-21-22-17(26-4)23(15)11-13(2)3;/h13-14H,5-12H2,1-4H3,(H2,18,19,20);1H. The first-order valence-corrected chi connectivity index (χ1v) is 12.6. The smallest absolute Gasteiger partial charge is 0.191 e. The number of aromatic nitrogens is 3. The van der Waals surface area contributed by atoms with Crippen molar-refractivity contribution in [1.82, 2.24) is 25.4 Å². The number of nitrogens with one attached hydrogen (secondary N) is 2. The molecule has 1 atom stereocenters. The first-order chi connectivity index (χ1) is 12.8. The fourth-order valence-corrected chi connectivity index (χ4v) is 5.25. The van der Waals surface area contributed by atoms with Crippen molar-refractivity contribution in [2.75, 3.05) is 30.9 Å². The van der Waals surface area contributed by atoms with E-state index in [2.05, 4.69) is 44.2 Å². The summed E-state index contributed by atoms with van der Waals surface area (Å²) in [5, 5.41) is 16.0. The molecule has 0 aliphatic carbocycles. The van der Waals surface area contributed by atoms with E-state index in [1.54, 1.807) is 11.8 Å². The molecule has 8 nitrogen and oxygen atoms in total. The Morgan fingerprint density at radius 1 is 1.39 bits per heavy atom. The molecule has 2 N–H and O–H groups in total. The van der Waals surface area contributed by atoms with Crippen molar-refractivity contribution in [3.63, 3.8) is 0 Å². The number of aryl methyl sites for hydroxylation is 1. The van der Waals surface area contributed by atoms with Crippen LogP contribution in [0.15, 0.2) is 10.1 Å². The number of rotatable bonds is 9. The molecule has 2 rings (SSSR count). The SMILES string of the molecule is CCNC(=NCCCc1nnc(SC)n1CC(C)C)NC1CCS(=O)(=O)C1.I. The Morgan fingerprint density at radius 2 is 2.14 bits per heavy atom. The Morgan fingerprint density at radius 3 is 2.71 bits per heavy atom. The van der Waals surface area contributed by atoms with E-state index in [0.29, 0.717) is 24.8 Å². The highest BCUT2D eigenvalue weighted by molar-refractivity contribution is 14.0. The Kier molecular flexibility index (Phi) is 11.1. The molecule has 162 valence electrons. The third-order valence-electron chi connectivity index (χ3n) is 4.27. The molecular formula is C17H33IN6O2S2. The maximum Gasteiger partial charge on any atom is 0.191 e. The van der Waals surface area contributed by atoms with Gasteiger partial charge in [-0.05, 0) is 31.9 Å². The predicted octanol–water partition coefficient (Wildman–Crippen LogP) is 1.95. The van der Waals surface area contributed by atoms with E-state index in [1.165, 1.54) is 0 Å². The number of sulfone groups is 1. The zero-order valence-corrected chi connectivity index (χ0v) is 21.1. The summed E-state index contributed by atoms with van der Waals surface area (Å²) >= 11 is 1.62. The molecule has 1 aliphatic rings. The molecule has 0 bridgehead atoms. The summed E-state index contributed by atoms with van der Waals surface area (Å²) in [7, 11) is -2.90. The molecule has 1 saturated heterocycles. The average Bonchev–Trinajstić information content (AvgIpc) is 3.13.